The lowest BCUT2D eigenvalue weighted by atomic mass is 9.72. The van der Waals surface area contributed by atoms with Crippen LogP contribution in [0.4, 0.5) is 0 Å². The highest BCUT2D eigenvalue weighted by atomic mass is 16.5. The van der Waals surface area contributed by atoms with Crippen LogP contribution in [0.1, 0.15) is 37.2 Å². The van der Waals surface area contributed by atoms with Crippen molar-refractivity contribution < 1.29 is 14.3 Å². The smallest absolute Gasteiger partial charge is 0.345 e. The van der Waals surface area contributed by atoms with Crippen molar-refractivity contribution in [2.24, 2.45) is 23.7 Å². The van der Waals surface area contributed by atoms with Gasteiger partial charge in [0.2, 0.25) is 5.91 Å². The first kappa shape index (κ1) is 20.3. The van der Waals surface area contributed by atoms with Gasteiger partial charge in [0.1, 0.15) is 0 Å². The lowest BCUT2D eigenvalue weighted by Gasteiger charge is -2.31. The summed E-state index contributed by atoms with van der Waals surface area (Å²) in [5.41, 5.74) is 1.99. The second-order valence-electron chi connectivity index (χ2n) is 7.88. The van der Waals surface area contributed by atoms with Gasteiger partial charge in [0.25, 0.3) is 0 Å². The van der Waals surface area contributed by atoms with E-state index < -0.39 is 0 Å². The molecule has 7 heteroatoms. The fraction of sp³-hybridized carbons (Fsp3) is 0.619. The van der Waals surface area contributed by atoms with Crippen molar-refractivity contribution in [2.45, 2.75) is 40.5 Å². The number of allylic oxidation sites excluding steroid dienone is 1. The van der Waals surface area contributed by atoms with Crippen LogP contribution in [0.25, 0.3) is 0 Å². The van der Waals surface area contributed by atoms with Crippen molar-refractivity contribution in [1.29, 1.82) is 0 Å². The van der Waals surface area contributed by atoms with Crippen LogP contribution in [0.3, 0.4) is 0 Å². The summed E-state index contributed by atoms with van der Waals surface area (Å²) in [5, 5.41) is 0. The number of esters is 1. The van der Waals surface area contributed by atoms with Gasteiger partial charge < -0.3 is 14.6 Å². The molecule has 4 atom stereocenters. The van der Waals surface area contributed by atoms with Gasteiger partial charge >= 0.3 is 11.7 Å². The van der Waals surface area contributed by atoms with Gasteiger partial charge in [-0.3, -0.25) is 9.59 Å². The number of carbonyl (C=O) groups excluding carboxylic acids is 2. The van der Waals surface area contributed by atoms with Crippen LogP contribution in [-0.4, -0.2) is 46.4 Å². The molecule has 0 radical (unpaired) electrons. The summed E-state index contributed by atoms with van der Waals surface area (Å²) in [4.78, 5) is 45.2. The van der Waals surface area contributed by atoms with Crippen molar-refractivity contribution in [3.8, 4) is 0 Å². The van der Waals surface area contributed by atoms with E-state index in [0.717, 1.165) is 11.3 Å². The zero-order valence-corrected chi connectivity index (χ0v) is 17.0. The maximum Gasteiger partial charge on any atom is 0.345 e. The predicted molar refractivity (Wildman–Crippen MR) is 105 cm³/mol. The van der Waals surface area contributed by atoms with E-state index in [1.54, 1.807) is 6.92 Å². The van der Waals surface area contributed by atoms with Gasteiger partial charge in [-0.25, -0.2) is 4.79 Å². The van der Waals surface area contributed by atoms with E-state index in [1.807, 2.05) is 25.7 Å². The molecule has 0 spiro atoms. The molecule has 7 nitrogen and oxygen atoms in total. The molecule has 2 aliphatic rings. The van der Waals surface area contributed by atoms with E-state index in [9.17, 15) is 14.4 Å². The van der Waals surface area contributed by atoms with Gasteiger partial charge in [-0.15, -0.1) is 0 Å². The number of likely N-dealkylation sites (tertiary alicyclic amines) is 1. The van der Waals surface area contributed by atoms with Crippen molar-refractivity contribution in [1.82, 2.24) is 14.9 Å². The number of amides is 1. The Morgan fingerprint density at radius 2 is 2.04 bits per heavy atom. The largest absolute Gasteiger partial charge is 0.466 e. The Kier molecular flexibility index (Phi) is 6.01. The molecule has 1 saturated heterocycles. The zero-order chi connectivity index (χ0) is 20.4. The molecule has 2 heterocycles. The molecule has 0 saturated carbocycles. The molecule has 28 heavy (non-hydrogen) atoms. The number of rotatable bonds is 5. The molecule has 0 bridgehead atoms. The van der Waals surface area contributed by atoms with Gasteiger partial charge in [-0.05, 0) is 50.5 Å². The molecular formula is C21H29N3O4. The van der Waals surface area contributed by atoms with Gasteiger partial charge in [0.05, 0.1) is 12.5 Å². The van der Waals surface area contributed by atoms with Crippen LogP contribution in [0, 0.1) is 37.5 Å². The zero-order valence-electron chi connectivity index (χ0n) is 17.0. The van der Waals surface area contributed by atoms with Crippen LogP contribution >= 0.6 is 0 Å². The topological polar surface area (TPSA) is 92.4 Å². The van der Waals surface area contributed by atoms with Crippen molar-refractivity contribution >= 4 is 11.9 Å². The fourth-order valence-corrected chi connectivity index (χ4v) is 4.61. The quantitative estimate of drug-likeness (QED) is 0.614. The average Bonchev–Trinajstić information content (AvgIpc) is 3.04. The first-order valence-electron chi connectivity index (χ1n) is 10.0. The number of nitrogens with one attached hydrogen (secondary N) is 1. The lowest BCUT2D eigenvalue weighted by molar-refractivity contribution is -0.152. The monoisotopic (exact) mass is 387 g/mol. The predicted octanol–water partition coefficient (Wildman–Crippen LogP) is 1.78. The molecule has 0 unspecified atom stereocenters. The molecular weight excluding hydrogens is 358 g/mol. The molecule has 1 aromatic heterocycles. The molecule has 1 amide bonds. The first-order valence-corrected chi connectivity index (χ1v) is 10.0. The Bertz CT molecular complexity index is 818. The van der Waals surface area contributed by atoms with Gasteiger partial charge in [-0.2, -0.15) is 4.98 Å². The van der Waals surface area contributed by atoms with Crippen molar-refractivity contribution in [2.75, 3.05) is 19.7 Å². The summed E-state index contributed by atoms with van der Waals surface area (Å²) in [7, 11) is 0. The number of carbonyl (C=O) groups is 2. The Morgan fingerprint density at radius 3 is 2.71 bits per heavy atom. The molecule has 1 aliphatic carbocycles. The molecule has 152 valence electrons. The summed E-state index contributed by atoms with van der Waals surface area (Å²) in [6.45, 7) is 9.08. The van der Waals surface area contributed by atoms with E-state index in [2.05, 4.69) is 22.1 Å². The highest BCUT2D eigenvalue weighted by Crippen LogP contribution is 2.40. The summed E-state index contributed by atoms with van der Waals surface area (Å²) in [6, 6.07) is 0. The number of H-pyrrole nitrogens is 1. The Hall–Kier alpha value is -2.44. The number of ether oxygens (including phenoxy) is 1. The van der Waals surface area contributed by atoms with Crippen molar-refractivity contribution in [3.63, 3.8) is 0 Å². The number of hydrogen-bond donors (Lipinski definition) is 1. The Balaban J connectivity index is 1.66. The van der Waals surface area contributed by atoms with E-state index in [0.29, 0.717) is 38.2 Å². The van der Waals surface area contributed by atoms with E-state index >= 15 is 0 Å². The van der Waals surface area contributed by atoms with Crippen LogP contribution < -0.4 is 5.69 Å². The van der Waals surface area contributed by atoms with Crippen molar-refractivity contribution in [3.05, 3.63) is 39.6 Å². The first-order chi connectivity index (χ1) is 13.3. The normalized spacial score (nSPS) is 26.2. The number of nitrogens with zero attached hydrogens (tertiary/aromatic N) is 2. The number of aromatic amines is 1. The minimum Gasteiger partial charge on any atom is -0.466 e. The molecule has 1 N–H and O–H groups in total. The minimum atomic E-state index is -0.361. The third kappa shape index (κ3) is 4.03. The van der Waals surface area contributed by atoms with Gasteiger partial charge in [0, 0.05) is 30.9 Å². The number of hydrogen-bond acceptors (Lipinski definition) is 5. The summed E-state index contributed by atoms with van der Waals surface area (Å²) in [6.07, 6.45) is 5.13. The summed E-state index contributed by atoms with van der Waals surface area (Å²) < 4.78 is 5.28. The Labute approximate surface area is 165 Å². The van der Waals surface area contributed by atoms with Gasteiger partial charge in [-0.1, -0.05) is 19.1 Å². The average molecular weight is 387 g/mol. The highest BCUT2D eigenvalue weighted by Gasteiger charge is 2.45. The van der Waals surface area contributed by atoms with Crippen LogP contribution in [-0.2, 0) is 20.7 Å². The molecule has 1 aliphatic heterocycles. The SMILES string of the molecule is CCOC(=O)[C@H]1[C@@H]2CN(C(=O)CCc3c(C)nc(=O)[nH]c3C)C[C@@H]2C=C[C@@H]1C. The molecule has 3 rings (SSSR count). The van der Waals surface area contributed by atoms with Crippen LogP contribution in [0.15, 0.2) is 16.9 Å². The summed E-state index contributed by atoms with van der Waals surface area (Å²) in [5.74, 6) is 0.153. The van der Waals surface area contributed by atoms with E-state index in [-0.39, 0.29) is 41.2 Å². The standard InChI is InChI=1S/C21H29N3O4/c1-5-28-20(26)19-12(2)6-7-15-10-24(11-17(15)19)18(25)9-8-16-13(3)22-21(27)23-14(16)4/h6-7,12,15,17,19H,5,8-11H2,1-4H3,(H,22,23,27)/t12-,15-,17+,19+/m0/s1. The third-order valence-electron chi connectivity index (χ3n) is 6.06. The lowest BCUT2D eigenvalue weighted by Crippen LogP contribution is -2.37. The highest BCUT2D eigenvalue weighted by molar-refractivity contribution is 5.78. The minimum absolute atomic E-state index is 0.0723. The third-order valence-corrected chi connectivity index (χ3v) is 6.06. The number of aryl methyl sites for hydroxylation is 2. The summed E-state index contributed by atoms with van der Waals surface area (Å²) >= 11 is 0. The number of fused-ring (bicyclic) bond motifs is 1. The number of aromatic nitrogens is 2. The second-order valence-corrected chi connectivity index (χ2v) is 7.88. The molecule has 1 fully saturated rings. The van der Waals surface area contributed by atoms with Gasteiger partial charge in [0.15, 0.2) is 0 Å². The van der Waals surface area contributed by atoms with Crippen LogP contribution in [0.2, 0.25) is 0 Å². The van der Waals surface area contributed by atoms with Crippen LogP contribution in [0.5, 0.6) is 0 Å². The molecule has 1 aromatic rings. The van der Waals surface area contributed by atoms with E-state index in [4.69, 9.17) is 4.74 Å². The molecule has 0 aromatic carbocycles. The maximum atomic E-state index is 12.8. The Morgan fingerprint density at radius 1 is 1.29 bits per heavy atom. The second kappa shape index (κ2) is 8.29. The van der Waals surface area contributed by atoms with E-state index in [1.165, 1.54) is 0 Å². The fourth-order valence-electron chi connectivity index (χ4n) is 4.61. The maximum absolute atomic E-state index is 12.8.